The van der Waals surface area contributed by atoms with E-state index in [0.717, 1.165) is 29.7 Å². The van der Waals surface area contributed by atoms with Gasteiger partial charge in [-0.15, -0.1) is 0 Å². The van der Waals surface area contributed by atoms with Crippen LogP contribution in [0.2, 0.25) is 0 Å². The van der Waals surface area contributed by atoms with Crippen LogP contribution in [0.15, 0.2) is 18.2 Å². The van der Waals surface area contributed by atoms with Gasteiger partial charge in [-0.05, 0) is 45.2 Å². The van der Waals surface area contributed by atoms with Gasteiger partial charge in [0.25, 0.3) is 0 Å². The summed E-state index contributed by atoms with van der Waals surface area (Å²) in [5.41, 5.74) is 2.53. The van der Waals surface area contributed by atoms with Crippen molar-refractivity contribution in [2.45, 2.75) is 45.8 Å². The molecule has 0 fully saturated rings. The summed E-state index contributed by atoms with van der Waals surface area (Å²) in [4.78, 5) is 17.4. The molecule has 0 bridgehead atoms. The van der Waals surface area contributed by atoms with Gasteiger partial charge in [-0.25, -0.2) is 11.4 Å². The maximum absolute atomic E-state index is 12.3. The Morgan fingerprint density at radius 2 is 2.20 bits per heavy atom. The van der Waals surface area contributed by atoms with Crippen LogP contribution in [0.1, 0.15) is 38.3 Å². The van der Waals surface area contributed by atoms with Gasteiger partial charge in [0.2, 0.25) is 6.54 Å². The smallest absolute Gasteiger partial charge is 0.414 e. The van der Waals surface area contributed by atoms with Crippen molar-refractivity contribution in [1.82, 2.24) is 0 Å². The zero-order valence-corrected chi connectivity index (χ0v) is 12.3. The molecule has 1 amide bonds. The molecule has 2 rings (SSSR count). The minimum Gasteiger partial charge on any atom is -0.443 e. The number of hydrogen-bond donors (Lipinski definition) is 0. The molecule has 1 heterocycles. The highest BCUT2D eigenvalue weighted by Crippen LogP contribution is 2.31. The molecular formula is C16H20N2O2. The third-order valence-corrected chi connectivity index (χ3v) is 3.21. The van der Waals surface area contributed by atoms with Gasteiger partial charge in [-0.1, -0.05) is 12.1 Å². The van der Waals surface area contributed by atoms with E-state index in [2.05, 4.69) is 4.85 Å². The quantitative estimate of drug-likeness (QED) is 0.729. The first-order chi connectivity index (χ1) is 9.42. The summed E-state index contributed by atoms with van der Waals surface area (Å²) in [5.74, 6) is 0. The van der Waals surface area contributed by atoms with Crippen molar-refractivity contribution in [2.24, 2.45) is 0 Å². The third-order valence-electron chi connectivity index (χ3n) is 3.21. The molecule has 0 aromatic heterocycles. The number of carbonyl (C=O) groups excluding carboxylic acids is 1. The molecule has 0 aliphatic carbocycles. The number of rotatable bonds is 1. The molecule has 1 aliphatic rings. The highest BCUT2D eigenvalue weighted by atomic mass is 16.6. The van der Waals surface area contributed by atoms with Crippen LogP contribution in [0.3, 0.4) is 0 Å². The Kier molecular flexibility index (Phi) is 3.99. The molecule has 0 N–H and O–H groups in total. The third kappa shape index (κ3) is 3.11. The van der Waals surface area contributed by atoms with Gasteiger partial charge in [0, 0.05) is 12.1 Å². The van der Waals surface area contributed by atoms with Gasteiger partial charge in [-0.2, -0.15) is 0 Å². The lowest BCUT2D eigenvalue weighted by Crippen LogP contribution is -2.40. The fourth-order valence-corrected chi connectivity index (χ4v) is 2.44. The summed E-state index contributed by atoms with van der Waals surface area (Å²) >= 11 is 0. The zero-order valence-electron chi connectivity index (χ0n) is 12.3. The van der Waals surface area contributed by atoms with Crippen LogP contribution in [0, 0.1) is 6.57 Å². The Labute approximate surface area is 120 Å². The minimum atomic E-state index is -0.497. The predicted octanol–water partition coefficient (Wildman–Crippen LogP) is 3.79. The largest absolute Gasteiger partial charge is 0.443 e. The van der Waals surface area contributed by atoms with Crippen molar-refractivity contribution in [3.63, 3.8) is 0 Å². The predicted molar refractivity (Wildman–Crippen MR) is 78.6 cm³/mol. The van der Waals surface area contributed by atoms with Gasteiger partial charge in [0.05, 0.1) is 5.69 Å². The molecule has 106 valence electrons. The van der Waals surface area contributed by atoms with Crippen LogP contribution in [0.25, 0.3) is 4.85 Å². The number of benzene rings is 1. The Morgan fingerprint density at radius 3 is 2.85 bits per heavy atom. The van der Waals surface area contributed by atoms with E-state index >= 15 is 0 Å². The highest BCUT2D eigenvalue weighted by molar-refractivity contribution is 5.89. The van der Waals surface area contributed by atoms with Crippen molar-refractivity contribution < 1.29 is 9.53 Å². The lowest BCUT2D eigenvalue weighted by molar-refractivity contribution is 0.0578. The number of hydrogen-bond acceptors (Lipinski definition) is 2. The average molecular weight is 272 g/mol. The van der Waals surface area contributed by atoms with Crippen molar-refractivity contribution in [1.29, 1.82) is 0 Å². The molecule has 0 spiro atoms. The van der Waals surface area contributed by atoms with Crippen LogP contribution in [-0.4, -0.2) is 18.2 Å². The van der Waals surface area contributed by atoms with Crippen molar-refractivity contribution in [3.05, 3.63) is 40.7 Å². The van der Waals surface area contributed by atoms with Crippen LogP contribution >= 0.6 is 0 Å². The Bertz CT molecular complexity index is 553. The molecule has 4 heteroatoms. The Hall–Kier alpha value is -2.02. The topological polar surface area (TPSA) is 33.9 Å². The first kappa shape index (κ1) is 14.4. The fourth-order valence-electron chi connectivity index (χ4n) is 2.44. The summed E-state index contributed by atoms with van der Waals surface area (Å²) in [7, 11) is 0. The number of fused-ring (bicyclic) bond motifs is 1. The monoisotopic (exact) mass is 272 g/mol. The highest BCUT2D eigenvalue weighted by Gasteiger charge is 2.28. The van der Waals surface area contributed by atoms with Crippen LogP contribution in [-0.2, 0) is 17.7 Å². The Morgan fingerprint density at radius 1 is 1.45 bits per heavy atom. The molecule has 1 aromatic carbocycles. The van der Waals surface area contributed by atoms with Gasteiger partial charge < -0.3 is 9.58 Å². The zero-order chi connectivity index (χ0) is 14.8. The van der Waals surface area contributed by atoms with E-state index in [1.807, 2.05) is 39.0 Å². The second kappa shape index (κ2) is 5.54. The second-order valence-corrected chi connectivity index (χ2v) is 5.97. The van der Waals surface area contributed by atoms with E-state index in [0.29, 0.717) is 13.1 Å². The molecule has 0 unspecified atom stereocenters. The molecule has 20 heavy (non-hydrogen) atoms. The molecule has 0 saturated heterocycles. The first-order valence-corrected chi connectivity index (χ1v) is 6.87. The van der Waals surface area contributed by atoms with E-state index in [1.165, 1.54) is 0 Å². The maximum atomic E-state index is 12.3. The van der Waals surface area contributed by atoms with Crippen LogP contribution < -0.4 is 4.90 Å². The number of nitrogens with zero attached hydrogens (tertiary/aromatic N) is 2. The van der Waals surface area contributed by atoms with Gasteiger partial charge >= 0.3 is 6.09 Å². The number of amides is 1. The van der Waals surface area contributed by atoms with Crippen molar-refractivity contribution >= 4 is 11.8 Å². The summed E-state index contributed by atoms with van der Waals surface area (Å²) in [6, 6.07) is 5.81. The normalized spacial score (nSPS) is 14.4. The SMILES string of the molecule is [C-]#[N+]Cc1cccc2c1CCCN2C(=O)OC(C)(C)C. The molecule has 0 saturated carbocycles. The maximum Gasteiger partial charge on any atom is 0.414 e. The molecule has 4 nitrogen and oxygen atoms in total. The fraction of sp³-hybridized carbons (Fsp3) is 0.500. The summed E-state index contributed by atoms with van der Waals surface area (Å²) in [5, 5.41) is 0. The first-order valence-electron chi connectivity index (χ1n) is 6.87. The lowest BCUT2D eigenvalue weighted by atomic mass is 9.96. The number of ether oxygens (including phenoxy) is 1. The lowest BCUT2D eigenvalue weighted by Gasteiger charge is -2.32. The summed E-state index contributed by atoms with van der Waals surface area (Å²) in [6.45, 7) is 13.7. The van der Waals surface area contributed by atoms with E-state index in [4.69, 9.17) is 11.3 Å². The summed E-state index contributed by atoms with van der Waals surface area (Å²) < 4.78 is 5.46. The van der Waals surface area contributed by atoms with Gasteiger partial charge in [0.1, 0.15) is 5.60 Å². The van der Waals surface area contributed by atoms with E-state index < -0.39 is 5.60 Å². The van der Waals surface area contributed by atoms with Gasteiger partial charge in [0.15, 0.2) is 0 Å². The minimum absolute atomic E-state index is 0.307. The molecule has 0 atom stereocenters. The molecule has 1 aliphatic heterocycles. The van der Waals surface area contributed by atoms with E-state index in [9.17, 15) is 4.79 Å². The van der Waals surface area contributed by atoms with Crippen LogP contribution in [0.5, 0.6) is 0 Å². The van der Waals surface area contributed by atoms with Crippen molar-refractivity contribution in [2.75, 3.05) is 11.4 Å². The van der Waals surface area contributed by atoms with Crippen LogP contribution in [0.4, 0.5) is 10.5 Å². The number of carbonyl (C=O) groups is 1. The van der Waals surface area contributed by atoms with Crippen molar-refractivity contribution in [3.8, 4) is 0 Å². The molecular weight excluding hydrogens is 252 g/mol. The standard InChI is InChI=1S/C16H20N2O2/c1-16(2,3)20-15(19)18-10-6-8-13-12(11-17-4)7-5-9-14(13)18/h5,7,9H,6,8,10-11H2,1-3H3. The molecule has 1 aromatic rings. The molecule has 0 radical (unpaired) electrons. The second-order valence-electron chi connectivity index (χ2n) is 5.97. The van der Waals surface area contributed by atoms with Gasteiger partial charge in [-0.3, -0.25) is 4.90 Å². The summed E-state index contributed by atoms with van der Waals surface area (Å²) in [6.07, 6.45) is 1.51. The number of anilines is 1. The average Bonchev–Trinajstić information content (AvgIpc) is 2.37. The van der Waals surface area contributed by atoms with E-state index in [-0.39, 0.29) is 6.09 Å². The Balaban J connectivity index is 2.31. The van der Waals surface area contributed by atoms with E-state index in [1.54, 1.807) is 4.90 Å².